The summed E-state index contributed by atoms with van der Waals surface area (Å²) in [4.78, 5) is 29.9. The number of carbonyl (C=O) groups excluding carboxylic acids is 2. The molecule has 0 aliphatic carbocycles. The first-order valence-corrected chi connectivity index (χ1v) is 9.21. The third-order valence-electron chi connectivity index (χ3n) is 4.41. The molecule has 0 bridgehead atoms. The van der Waals surface area contributed by atoms with Crippen LogP contribution in [0.5, 0.6) is 0 Å². The van der Waals surface area contributed by atoms with E-state index in [1.165, 1.54) is 35.6 Å². The highest BCUT2D eigenvalue weighted by atomic mass is 32.1. The van der Waals surface area contributed by atoms with Crippen molar-refractivity contribution < 1.29 is 18.4 Å². The molecule has 1 fully saturated rings. The van der Waals surface area contributed by atoms with E-state index >= 15 is 0 Å². The summed E-state index contributed by atoms with van der Waals surface area (Å²) in [5.74, 6) is -5.26. The van der Waals surface area contributed by atoms with Gasteiger partial charge in [0.15, 0.2) is 5.13 Å². The number of hydrogen-bond acceptors (Lipinski definition) is 4. The lowest BCUT2D eigenvalue weighted by Gasteiger charge is -2.33. The number of nitrogens with zero attached hydrogens (tertiary/aromatic N) is 2. The van der Waals surface area contributed by atoms with E-state index in [-0.39, 0.29) is 30.5 Å². The van der Waals surface area contributed by atoms with Crippen LogP contribution < -0.4 is 5.32 Å². The highest BCUT2D eigenvalue weighted by Crippen LogP contribution is 2.32. The topological polar surface area (TPSA) is 62.3 Å². The number of alkyl halides is 2. The van der Waals surface area contributed by atoms with E-state index in [2.05, 4.69) is 10.3 Å². The van der Waals surface area contributed by atoms with Crippen molar-refractivity contribution in [2.24, 2.45) is 5.92 Å². The average Bonchev–Trinajstić information content (AvgIpc) is 3.06. The van der Waals surface area contributed by atoms with Gasteiger partial charge in [-0.05, 0) is 19.8 Å². The molecule has 0 unspecified atom stereocenters. The molecule has 2 heterocycles. The zero-order valence-corrected chi connectivity index (χ0v) is 15.1. The molecule has 5 nitrogen and oxygen atoms in total. The number of amides is 2. The molecule has 0 atom stereocenters. The standard InChI is InChI=1S/C18H19F2N3O2S/c1-12-11-26-17(21-12)22-15(24)13-7-9-23(10-8-13)16(25)18(19,20)14-5-3-2-4-6-14/h2-6,11,13H,7-10H2,1H3,(H,21,22,24). The molecule has 0 spiro atoms. The second-order valence-corrected chi connectivity index (χ2v) is 7.15. The minimum absolute atomic E-state index is 0.135. The number of hydrogen-bond donors (Lipinski definition) is 1. The number of anilines is 1. The second kappa shape index (κ2) is 7.49. The van der Waals surface area contributed by atoms with Crippen molar-refractivity contribution in [1.82, 2.24) is 9.88 Å². The highest BCUT2D eigenvalue weighted by Gasteiger charge is 2.44. The summed E-state index contributed by atoms with van der Waals surface area (Å²) >= 11 is 1.34. The van der Waals surface area contributed by atoms with E-state index in [1.807, 2.05) is 12.3 Å². The van der Waals surface area contributed by atoms with Gasteiger partial charge in [0.25, 0.3) is 5.91 Å². The van der Waals surface area contributed by atoms with E-state index in [9.17, 15) is 18.4 Å². The first-order chi connectivity index (χ1) is 12.4. The van der Waals surface area contributed by atoms with Crippen molar-refractivity contribution in [1.29, 1.82) is 0 Å². The Balaban J connectivity index is 1.57. The number of piperidine rings is 1. The number of carbonyl (C=O) groups is 2. The molecule has 1 aromatic heterocycles. The van der Waals surface area contributed by atoms with Crippen LogP contribution in [0.4, 0.5) is 13.9 Å². The number of likely N-dealkylation sites (tertiary alicyclic amines) is 1. The van der Waals surface area contributed by atoms with Crippen LogP contribution in [-0.4, -0.2) is 34.8 Å². The Labute approximate surface area is 154 Å². The van der Waals surface area contributed by atoms with Crippen molar-refractivity contribution >= 4 is 28.3 Å². The summed E-state index contributed by atoms with van der Waals surface area (Å²) in [6, 6.07) is 7.07. The van der Waals surface area contributed by atoms with Crippen molar-refractivity contribution in [2.45, 2.75) is 25.7 Å². The second-order valence-electron chi connectivity index (χ2n) is 6.29. The summed E-state index contributed by atoms with van der Waals surface area (Å²) in [6.45, 7) is 2.11. The molecule has 1 aliphatic heterocycles. The number of halogens is 2. The van der Waals surface area contributed by atoms with Crippen molar-refractivity contribution in [3.63, 3.8) is 0 Å². The van der Waals surface area contributed by atoms with Crippen LogP contribution in [-0.2, 0) is 15.5 Å². The van der Waals surface area contributed by atoms with Gasteiger partial charge >= 0.3 is 5.92 Å². The summed E-state index contributed by atoms with van der Waals surface area (Å²) < 4.78 is 28.8. The lowest BCUT2D eigenvalue weighted by molar-refractivity contribution is -0.160. The summed E-state index contributed by atoms with van der Waals surface area (Å²) in [6.07, 6.45) is 0.708. The number of benzene rings is 1. The Morgan fingerprint density at radius 3 is 2.46 bits per heavy atom. The fourth-order valence-electron chi connectivity index (χ4n) is 2.93. The van der Waals surface area contributed by atoms with Crippen LogP contribution in [0.15, 0.2) is 35.7 Å². The number of nitrogens with one attached hydrogen (secondary N) is 1. The van der Waals surface area contributed by atoms with Crippen LogP contribution in [0.2, 0.25) is 0 Å². The predicted molar refractivity (Wildman–Crippen MR) is 95.1 cm³/mol. The first kappa shape index (κ1) is 18.4. The smallest absolute Gasteiger partial charge is 0.337 e. The number of aromatic nitrogens is 1. The minimum atomic E-state index is -3.56. The van der Waals surface area contributed by atoms with Crippen LogP contribution in [0, 0.1) is 12.8 Å². The fraction of sp³-hybridized carbons (Fsp3) is 0.389. The summed E-state index contributed by atoms with van der Waals surface area (Å²) in [5, 5.41) is 5.11. The van der Waals surface area contributed by atoms with Gasteiger partial charge in [0.2, 0.25) is 5.91 Å². The Bertz CT molecular complexity index is 787. The summed E-state index contributed by atoms with van der Waals surface area (Å²) in [7, 11) is 0. The Morgan fingerprint density at radius 1 is 1.23 bits per heavy atom. The maximum atomic E-state index is 14.4. The first-order valence-electron chi connectivity index (χ1n) is 8.33. The monoisotopic (exact) mass is 379 g/mol. The van der Waals surface area contributed by atoms with E-state index in [4.69, 9.17) is 0 Å². The average molecular weight is 379 g/mol. The minimum Gasteiger partial charge on any atom is -0.337 e. The van der Waals surface area contributed by atoms with Gasteiger partial charge in [-0.1, -0.05) is 30.3 Å². The SMILES string of the molecule is Cc1csc(NC(=O)C2CCN(C(=O)C(F)(F)c3ccccc3)CC2)n1. The lowest BCUT2D eigenvalue weighted by Crippen LogP contribution is -2.47. The molecule has 1 aliphatic rings. The van der Waals surface area contributed by atoms with E-state index in [0.717, 1.165) is 10.6 Å². The van der Waals surface area contributed by atoms with Gasteiger partial charge in [0.05, 0.1) is 5.69 Å². The third-order valence-corrected chi connectivity index (χ3v) is 5.28. The molecule has 8 heteroatoms. The summed E-state index contributed by atoms with van der Waals surface area (Å²) in [5.41, 5.74) is 0.512. The van der Waals surface area contributed by atoms with Gasteiger partial charge < -0.3 is 10.2 Å². The quantitative estimate of drug-likeness (QED) is 0.885. The van der Waals surface area contributed by atoms with Crippen LogP contribution in [0.3, 0.4) is 0 Å². The molecule has 1 saturated heterocycles. The molecular weight excluding hydrogens is 360 g/mol. The molecule has 0 saturated carbocycles. The molecule has 1 N–H and O–H groups in total. The lowest BCUT2D eigenvalue weighted by atomic mass is 9.95. The van der Waals surface area contributed by atoms with Gasteiger partial charge in [0, 0.05) is 30.0 Å². The largest absolute Gasteiger partial charge is 0.349 e. The predicted octanol–water partition coefficient (Wildman–Crippen LogP) is 3.42. The zero-order valence-electron chi connectivity index (χ0n) is 14.2. The van der Waals surface area contributed by atoms with E-state index < -0.39 is 11.8 Å². The third kappa shape index (κ3) is 3.90. The molecule has 3 rings (SSSR count). The van der Waals surface area contributed by atoms with Gasteiger partial charge in [0.1, 0.15) is 0 Å². The molecule has 26 heavy (non-hydrogen) atoms. The van der Waals surface area contributed by atoms with Gasteiger partial charge in [-0.15, -0.1) is 11.3 Å². The van der Waals surface area contributed by atoms with Crippen molar-refractivity contribution in [2.75, 3.05) is 18.4 Å². The van der Waals surface area contributed by atoms with E-state index in [1.54, 1.807) is 6.07 Å². The Hall–Kier alpha value is -2.35. The normalized spacial score (nSPS) is 15.7. The number of rotatable bonds is 4. The van der Waals surface area contributed by atoms with Crippen LogP contribution in [0.1, 0.15) is 24.1 Å². The van der Waals surface area contributed by atoms with Crippen LogP contribution >= 0.6 is 11.3 Å². The molecular formula is C18H19F2N3O2S. The van der Waals surface area contributed by atoms with Gasteiger partial charge in [-0.3, -0.25) is 9.59 Å². The Morgan fingerprint density at radius 2 is 1.88 bits per heavy atom. The Kier molecular flexibility index (Phi) is 5.31. The van der Waals surface area contributed by atoms with Crippen LogP contribution in [0.25, 0.3) is 0 Å². The maximum Gasteiger partial charge on any atom is 0.349 e. The highest BCUT2D eigenvalue weighted by molar-refractivity contribution is 7.13. The van der Waals surface area contributed by atoms with Gasteiger partial charge in [-0.25, -0.2) is 4.98 Å². The molecule has 0 radical (unpaired) electrons. The molecule has 1 aromatic carbocycles. The van der Waals surface area contributed by atoms with E-state index in [0.29, 0.717) is 18.0 Å². The molecule has 2 amide bonds. The number of thiazole rings is 1. The number of aryl methyl sites for hydroxylation is 1. The maximum absolute atomic E-state index is 14.4. The van der Waals surface area contributed by atoms with Crippen molar-refractivity contribution in [3.05, 3.63) is 47.0 Å². The molecule has 2 aromatic rings. The van der Waals surface area contributed by atoms with Crippen molar-refractivity contribution in [3.8, 4) is 0 Å². The zero-order chi connectivity index (χ0) is 18.7. The van der Waals surface area contributed by atoms with Gasteiger partial charge in [-0.2, -0.15) is 8.78 Å². The fourth-order valence-corrected chi connectivity index (χ4v) is 3.62. The molecule has 138 valence electrons.